The number of benzene rings is 3. The highest BCUT2D eigenvalue weighted by atomic mass is 16.5. The van der Waals surface area contributed by atoms with E-state index in [-0.39, 0.29) is 18.4 Å². The van der Waals surface area contributed by atoms with Gasteiger partial charge in [-0.3, -0.25) is 9.59 Å². The van der Waals surface area contributed by atoms with Crippen molar-refractivity contribution < 1.29 is 14.3 Å². The standard InChI is InChI=1S/C25H28N2O3/c1-3-26-25(29)19(2)27(17-16-20-10-5-4-6-11-20)24(28)18-30-23-15-9-13-21-12-7-8-14-22(21)23/h4-15,19H,3,16-18H2,1-2H3,(H,26,29)/t19-/m0/s1. The molecule has 0 aliphatic heterocycles. The number of carbonyl (C=O) groups is 2. The van der Waals surface area contributed by atoms with Gasteiger partial charge in [0.1, 0.15) is 11.8 Å². The zero-order chi connectivity index (χ0) is 21.3. The Kier molecular flexibility index (Phi) is 7.44. The predicted octanol–water partition coefficient (Wildman–Crippen LogP) is 3.81. The van der Waals surface area contributed by atoms with Crippen LogP contribution in [0.5, 0.6) is 5.75 Å². The fraction of sp³-hybridized carbons (Fsp3) is 0.280. The van der Waals surface area contributed by atoms with E-state index in [1.807, 2.05) is 79.7 Å². The Morgan fingerprint density at radius 3 is 2.43 bits per heavy atom. The molecule has 1 N–H and O–H groups in total. The fourth-order valence-corrected chi connectivity index (χ4v) is 3.44. The number of carbonyl (C=O) groups excluding carboxylic acids is 2. The number of nitrogens with zero attached hydrogens (tertiary/aromatic N) is 1. The summed E-state index contributed by atoms with van der Waals surface area (Å²) < 4.78 is 5.88. The van der Waals surface area contributed by atoms with Crippen molar-refractivity contribution >= 4 is 22.6 Å². The molecule has 156 valence electrons. The molecular formula is C25H28N2O3. The highest BCUT2D eigenvalue weighted by Crippen LogP contribution is 2.25. The van der Waals surface area contributed by atoms with Gasteiger partial charge in [-0.2, -0.15) is 0 Å². The third kappa shape index (κ3) is 5.38. The molecule has 5 heteroatoms. The van der Waals surface area contributed by atoms with Gasteiger partial charge in [0.05, 0.1) is 0 Å². The summed E-state index contributed by atoms with van der Waals surface area (Å²) in [7, 11) is 0. The Morgan fingerprint density at radius 1 is 0.967 bits per heavy atom. The van der Waals surface area contributed by atoms with Crippen LogP contribution in [-0.2, 0) is 16.0 Å². The van der Waals surface area contributed by atoms with E-state index < -0.39 is 6.04 Å². The minimum absolute atomic E-state index is 0.119. The molecule has 3 rings (SSSR count). The van der Waals surface area contributed by atoms with Gasteiger partial charge in [-0.1, -0.05) is 66.7 Å². The van der Waals surface area contributed by atoms with E-state index in [4.69, 9.17) is 4.74 Å². The molecule has 0 saturated heterocycles. The second kappa shape index (κ2) is 10.4. The summed E-state index contributed by atoms with van der Waals surface area (Å²) in [5.41, 5.74) is 1.12. The summed E-state index contributed by atoms with van der Waals surface area (Å²) in [4.78, 5) is 27.0. The molecule has 0 radical (unpaired) electrons. The van der Waals surface area contributed by atoms with Gasteiger partial charge in [-0.05, 0) is 37.3 Å². The van der Waals surface area contributed by atoms with Crippen LogP contribution in [0.1, 0.15) is 19.4 Å². The van der Waals surface area contributed by atoms with E-state index in [9.17, 15) is 9.59 Å². The fourth-order valence-electron chi connectivity index (χ4n) is 3.44. The highest BCUT2D eigenvalue weighted by molar-refractivity contribution is 5.90. The normalized spacial score (nSPS) is 11.7. The largest absolute Gasteiger partial charge is 0.483 e. The molecular weight excluding hydrogens is 376 g/mol. The topological polar surface area (TPSA) is 58.6 Å². The first-order valence-electron chi connectivity index (χ1n) is 10.3. The van der Waals surface area contributed by atoms with Crippen LogP contribution < -0.4 is 10.1 Å². The van der Waals surface area contributed by atoms with Crippen molar-refractivity contribution in [3.05, 3.63) is 78.4 Å². The van der Waals surface area contributed by atoms with Crippen molar-refractivity contribution in [3.8, 4) is 5.75 Å². The third-order valence-corrected chi connectivity index (χ3v) is 5.10. The van der Waals surface area contributed by atoms with E-state index in [1.165, 1.54) is 0 Å². The van der Waals surface area contributed by atoms with Gasteiger partial charge >= 0.3 is 0 Å². The minimum atomic E-state index is -0.572. The van der Waals surface area contributed by atoms with Crippen LogP contribution >= 0.6 is 0 Å². The number of rotatable bonds is 9. The maximum atomic E-state index is 13.0. The Labute approximate surface area is 177 Å². The quantitative estimate of drug-likeness (QED) is 0.590. The molecule has 3 aromatic rings. The smallest absolute Gasteiger partial charge is 0.261 e. The molecule has 0 heterocycles. The van der Waals surface area contributed by atoms with Crippen molar-refractivity contribution in [2.45, 2.75) is 26.3 Å². The molecule has 5 nitrogen and oxygen atoms in total. The van der Waals surface area contributed by atoms with E-state index in [2.05, 4.69) is 5.32 Å². The monoisotopic (exact) mass is 404 g/mol. The molecule has 0 bridgehead atoms. The molecule has 0 fully saturated rings. The van der Waals surface area contributed by atoms with Crippen LogP contribution in [0.2, 0.25) is 0 Å². The third-order valence-electron chi connectivity index (χ3n) is 5.10. The average molecular weight is 405 g/mol. The number of hydrogen-bond acceptors (Lipinski definition) is 3. The summed E-state index contributed by atoms with van der Waals surface area (Å²) in [6.07, 6.45) is 0.671. The first kappa shape index (κ1) is 21.4. The van der Waals surface area contributed by atoms with Crippen LogP contribution in [-0.4, -0.2) is 42.5 Å². The Bertz CT molecular complexity index is 983. The number of hydrogen-bond donors (Lipinski definition) is 1. The lowest BCUT2D eigenvalue weighted by Crippen LogP contribution is -2.50. The highest BCUT2D eigenvalue weighted by Gasteiger charge is 2.25. The Morgan fingerprint density at radius 2 is 1.67 bits per heavy atom. The van der Waals surface area contributed by atoms with Crippen LogP contribution in [0.4, 0.5) is 0 Å². The van der Waals surface area contributed by atoms with Gasteiger partial charge < -0.3 is 15.0 Å². The van der Waals surface area contributed by atoms with Gasteiger partial charge in [0.2, 0.25) is 5.91 Å². The van der Waals surface area contributed by atoms with Crippen LogP contribution in [0.3, 0.4) is 0 Å². The lowest BCUT2D eigenvalue weighted by Gasteiger charge is -2.28. The zero-order valence-electron chi connectivity index (χ0n) is 17.5. The lowest BCUT2D eigenvalue weighted by atomic mass is 10.1. The van der Waals surface area contributed by atoms with Crippen LogP contribution in [0.25, 0.3) is 10.8 Å². The van der Waals surface area contributed by atoms with Crippen molar-refractivity contribution in [2.24, 2.45) is 0 Å². The minimum Gasteiger partial charge on any atom is -0.483 e. The first-order chi connectivity index (χ1) is 14.6. The lowest BCUT2D eigenvalue weighted by molar-refractivity contribution is -0.141. The van der Waals surface area contributed by atoms with Crippen molar-refractivity contribution in [2.75, 3.05) is 19.7 Å². The van der Waals surface area contributed by atoms with Gasteiger partial charge in [-0.15, -0.1) is 0 Å². The van der Waals surface area contributed by atoms with E-state index in [0.717, 1.165) is 16.3 Å². The molecule has 0 saturated carbocycles. The number of ether oxygens (including phenoxy) is 1. The number of amides is 2. The van der Waals surface area contributed by atoms with Gasteiger partial charge in [0.25, 0.3) is 5.91 Å². The SMILES string of the molecule is CCNC(=O)[C@H](C)N(CCc1ccccc1)C(=O)COc1cccc2ccccc12. The molecule has 0 spiro atoms. The van der Waals surface area contributed by atoms with Crippen molar-refractivity contribution in [3.63, 3.8) is 0 Å². The van der Waals surface area contributed by atoms with Crippen LogP contribution in [0, 0.1) is 0 Å². The number of likely N-dealkylation sites (N-methyl/N-ethyl adjacent to an activating group) is 1. The summed E-state index contributed by atoms with van der Waals surface area (Å²) in [6.45, 7) is 4.47. The maximum absolute atomic E-state index is 13.0. The molecule has 3 aromatic carbocycles. The zero-order valence-corrected chi connectivity index (χ0v) is 17.5. The van der Waals surface area contributed by atoms with Crippen LogP contribution in [0.15, 0.2) is 72.8 Å². The van der Waals surface area contributed by atoms with E-state index in [0.29, 0.717) is 25.3 Å². The Hall–Kier alpha value is -3.34. The maximum Gasteiger partial charge on any atom is 0.261 e. The summed E-state index contributed by atoms with van der Waals surface area (Å²) >= 11 is 0. The summed E-state index contributed by atoms with van der Waals surface area (Å²) in [5.74, 6) is 0.289. The summed E-state index contributed by atoms with van der Waals surface area (Å²) in [5, 5.41) is 4.82. The molecule has 1 atom stereocenters. The molecule has 30 heavy (non-hydrogen) atoms. The van der Waals surface area contributed by atoms with E-state index >= 15 is 0 Å². The average Bonchev–Trinajstić information content (AvgIpc) is 2.78. The molecule has 2 amide bonds. The van der Waals surface area contributed by atoms with Gasteiger partial charge in [0.15, 0.2) is 6.61 Å². The Balaban J connectivity index is 1.72. The number of fused-ring (bicyclic) bond motifs is 1. The summed E-state index contributed by atoms with van der Waals surface area (Å²) in [6, 6.07) is 23.0. The molecule has 0 unspecified atom stereocenters. The van der Waals surface area contributed by atoms with Gasteiger partial charge in [-0.25, -0.2) is 0 Å². The van der Waals surface area contributed by atoms with Gasteiger partial charge in [0, 0.05) is 18.5 Å². The molecule has 0 aliphatic rings. The first-order valence-corrected chi connectivity index (χ1v) is 10.3. The molecule has 0 aromatic heterocycles. The second-order valence-electron chi connectivity index (χ2n) is 7.16. The van der Waals surface area contributed by atoms with Crippen molar-refractivity contribution in [1.82, 2.24) is 10.2 Å². The van der Waals surface area contributed by atoms with E-state index in [1.54, 1.807) is 11.8 Å². The van der Waals surface area contributed by atoms with Crippen molar-refractivity contribution in [1.29, 1.82) is 0 Å². The number of nitrogens with one attached hydrogen (secondary N) is 1. The second-order valence-corrected chi connectivity index (χ2v) is 7.16. The predicted molar refractivity (Wildman–Crippen MR) is 119 cm³/mol. The molecule has 0 aliphatic carbocycles.